The molecule has 1 fully saturated rings. The summed E-state index contributed by atoms with van der Waals surface area (Å²) in [6.45, 7) is 3.69. The summed E-state index contributed by atoms with van der Waals surface area (Å²) < 4.78 is 31.4. The number of rotatable bonds is 7. The highest BCUT2D eigenvalue weighted by Gasteiger charge is 2.51. The Bertz CT molecular complexity index is 956. The Hall–Kier alpha value is -2.82. The van der Waals surface area contributed by atoms with Gasteiger partial charge >= 0.3 is 16.3 Å². The zero-order valence-electron chi connectivity index (χ0n) is 15.3. The number of carboxylic acids is 1. The van der Waals surface area contributed by atoms with Crippen molar-refractivity contribution in [1.29, 1.82) is 0 Å². The normalized spacial score (nSPS) is 19.8. The van der Waals surface area contributed by atoms with Crippen molar-refractivity contribution in [2.24, 2.45) is 5.16 Å². The molecule has 2 atom stereocenters. The van der Waals surface area contributed by atoms with Crippen molar-refractivity contribution in [3.05, 3.63) is 11.1 Å². The maximum absolute atomic E-state index is 12.6. The van der Waals surface area contributed by atoms with Gasteiger partial charge in [0.25, 0.3) is 11.8 Å². The average molecular weight is 453 g/mol. The van der Waals surface area contributed by atoms with Crippen LogP contribution in [0.1, 0.15) is 26.5 Å². The molecule has 0 bridgehead atoms. The van der Waals surface area contributed by atoms with E-state index in [0.717, 1.165) is 11.3 Å². The van der Waals surface area contributed by atoms with Gasteiger partial charge in [0.2, 0.25) is 5.60 Å². The number of oxime groups is 1. The summed E-state index contributed by atoms with van der Waals surface area (Å²) >= 11 is 0.980. The lowest BCUT2D eigenvalue weighted by Crippen LogP contribution is -2.71. The van der Waals surface area contributed by atoms with E-state index in [1.165, 1.54) is 26.2 Å². The third-order valence-electron chi connectivity index (χ3n) is 3.73. The van der Waals surface area contributed by atoms with Crippen LogP contribution in [0.4, 0.5) is 5.13 Å². The van der Waals surface area contributed by atoms with Gasteiger partial charge in [-0.2, -0.15) is 8.42 Å². The van der Waals surface area contributed by atoms with Gasteiger partial charge in [0.05, 0.1) is 6.04 Å². The zero-order valence-corrected chi connectivity index (χ0v) is 16.9. The molecule has 1 aliphatic heterocycles. The molecule has 1 aliphatic rings. The van der Waals surface area contributed by atoms with Crippen LogP contribution in [-0.2, 0) is 29.5 Å². The second-order valence-electron chi connectivity index (χ2n) is 6.22. The fourth-order valence-electron chi connectivity index (χ4n) is 2.11. The van der Waals surface area contributed by atoms with Crippen molar-refractivity contribution in [2.45, 2.75) is 38.5 Å². The first-order valence-corrected chi connectivity index (χ1v) is 9.86. The molecule has 0 unspecified atom stereocenters. The van der Waals surface area contributed by atoms with E-state index in [9.17, 15) is 22.8 Å². The van der Waals surface area contributed by atoms with Gasteiger partial charge in [-0.05, 0) is 20.8 Å². The van der Waals surface area contributed by atoms with Crippen LogP contribution >= 0.6 is 11.3 Å². The van der Waals surface area contributed by atoms with Gasteiger partial charge in [0.15, 0.2) is 10.8 Å². The molecule has 0 aromatic carbocycles. The number of aliphatic carboxylic acids is 1. The summed E-state index contributed by atoms with van der Waals surface area (Å²) in [5.74, 6) is -3.38. The van der Waals surface area contributed by atoms with Crippen molar-refractivity contribution in [2.75, 3.05) is 5.73 Å². The average Bonchev–Trinajstić information content (AvgIpc) is 2.97. The number of hydrogen-bond donors (Lipinski definition) is 4. The predicted octanol–water partition coefficient (Wildman–Crippen LogP) is -2.00. The maximum atomic E-state index is 12.6. The van der Waals surface area contributed by atoms with Gasteiger partial charge < -0.3 is 26.5 Å². The first-order valence-electron chi connectivity index (χ1n) is 7.58. The van der Waals surface area contributed by atoms with Crippen molar-refractivity contribution >= 4 is 50.3 Å². The Labute approximate surface area is 168 Å². The highest BCUT2D eigenvalue weighted by atomic mass is 32.2. The van der Waals surface area contributed by atoms with Crippen LogP contribution in [-0.4, -0.2) is 74.0 Å². The van der Waals surface area contributed by atoms with Crippen molar-refractivity contribution in [1.82, 2.24) is 14.6 Å². The largest absolute Gasteiger partial charge is 0.478 e. The van der Waals surface area contributed by atoms with Crippen LogP contribution in [0.15, 0.2) is 10.5 Å². The van der Waals surface area contributed by atoms with Gasteiger partial charge in [0, 0.05) is 5.38 Å². The second-order valence-corrected chi connectivity index (χ2v) is 8.40. The fraction of sp³-hybridized carbons (Fsp3) is 0.462. The maximum Gasteiger partial charge on any atom is 0.362 e. The fourth-order valence-corrected chi connectivity index (χ4v) is 3.54. The van der Waals surface area contributed by atoms with Gasteiger partial charge in [-0.15, -0.1) is 11.3 Å². The summed E-state index contributed by atoms with van der Waals surface area (Å²) in [6, 6.07) is -2.31. The number of anilines is 1. The number of carboxylic acid groups (broad SMARTS) is 1. The lowest BCUT2D eigenvalue weighted by molar-refractivity contribution is -0.161. The van der Waals surface area contributed by atoms with E-state index in [2.05, 4.69) is 15.5 Å². The van der Waals surface area contributed by atoms with Crippen molar-refractivity contribution in [3.63, 3.8) is 0 Å². The number of nitrogens with two attached hydrogens (primary N) is 1. The molecule has 0 spiro atoms. The van der Waals surface area contributed by atoms with Crippen LogP contribution in [0.5, 0.6) is 0 Å². The lowest BCUT2D eigenvalue weighted by atomic mass is 10.0. The zero-order chi connectivity index (χ0) is 21.4. The van der Waals surface area contributed by atoms with Crippen LogP contribution in [0, 0.1) is 0 Å². The monoisotopic (exact) mass is 453 g/mol. The van der Waals surface area contributed by atoms with Crippen LogP contribution in [0.2, 0.25) is 0 Å². The number of β-lactam (4-membered cyclic amide) rings is 1. The molecule has 16 heteroatoms. The quantitative estimate of drug-likeness (QED) is 0.153. The minimum absolute atomic E-state index is 0. The Morgan fingerprint density at radius 2 is 2.03 bits per heavy atom. The van der Waals surface area contributed by atoms with E-state index in [1.54, 1.807) is 0 Å². The molecular weight excluding hydrogens is 434 g/mol. The molecular formula is C13H19N5O9S2. The van der Waals surface area contributed by atoms with Gasteiger partial charge in [-0.25, -0.2) is 14.1 Å². The third kappa shape index (κ3) is 4.97. The number of nitrogen functional groups attached to an aromatic ring is 1. The lowest BCUT2D eigenvalue weighted by Gasteiger charge is -2.42. The molecule has 0 aliphatic carbocycles. The molecule has 1 saturated heterocycles. The van der Waals surface area contributed by atoms with E-state index in [0.29, 0.717) is 0 Å². The highest BCUT2D eigenvalue weighted by molar-refractivity contribution is 7.84. The number of nitrogens with zero attached hydrogens (tertiary/aromatic N) is 3. The molecule has 2 amide bonds. The topological polar surface area (TPSA) is 233 Å². The summed E-state index contributed by atoms with van der Waals surface area (Å²) in [6.07, 6.45) is 0. The number of thiazole rings is 1. The first kappa shape index (κ1) is 24.2. The molecule has 0 radical (unpaired) electrons. The number of carbonyl (C=O) groups is 3. The second kappa shape index (κ2) is 8.27. The molecule has 0 saturated carbocycles. The number of aromatic nitrogens is 1. The van der Waals surface area contributed by atoms with Gasteiger partial charge in [-0.3, -0.25) is 14.1 Å². The Kier molecular flexibility index (Phi) is 6.91. The van der Waals surface area contributed by atoms with Gasteiger partial charge in [-0.1, -0.05) is 5.16 Å². The molecule has 2 heterocycles. The summed E-state index contributed by atoms with van der Waals surface area (Å²) in [5.41, 5.74) is 3.26. The Morgan fingerprint density at radius 1 is 1.45 bits per heavy atom. The summed E-state index contributed by atoms with van der Waals surface area (Å²) in [7, 11) is -4.76. The minimum Gasteiger partial charge on any atom is -0.478 e. The van der Waals surface area contributed by atoms with Crippen LogP contribution < -0.4 is 11.1 Å². The minimum atomic E-state index is -4.76. The van der Waals surface area contributed by atoms with Crippen molar-refractivity contribution < 1.29 is 42.8 Å². The van der Waals surface area contributed by atoms with Crippen LogP contribution in [0.3, 0.4) is 0 Å². The van der Waals surface area contributed by atoms with E-state index in [1.807, 2.05) is 0 Å². The Balaban J connectivity index is 0.00000420. The molecule has 1 aromatic rings. The number of nitrogens with one attached hydrogen (secondary N) is 1. The molecule has 2 rings (SSSR count). The predicted molar refractivity (Wildman–Crippen MR) is 99.3 cm³/mol. The van der Waals surface area contributed by atoms with Crippen molar-refractivity contribution in [3.8, 4) is 0 Å². The molecule has 1 aromatic heterocycles. The molecule has 14 nitrogen and oxygen atoms in total. The van der Waals surface area contributed by atoms with E-state index in [4.69, 9.17) is 20.2 Å². The molecule has 29 heavy (non-hydrogen) atoms. The standard InChI is InChI=1S/C13H17N5O8S2.H2O/c1-5-7(10(20)18(5)28(23,24)25)16-9(19)8(6-4-27-12(14)15-6)17-26-13(2,3)11(21)22;/h4-5,7H,1-3H3,(H2,14,15)(H,16,19)(H,21,22)(H,23,24,25);1H2/t5-,7-;/m0./s1. The SMILES string of the molecule is C[C@H]1[C@H](NC(=O)C(=NOC(C)(C)C(=O)O)c2csc(N)n2)C(=O)N1S(=O)(=O)O.O. The smallest absolute Gasteiger partial charge is 0.362 e. The first-order chi connectivity index (χ1) is 12.8. The Morgan fingerprint density at radius 3 is 2.45 bits per heavy atom. The van der Waals surface area contributed by atoms with Gasteiger partial charge in [0.1, 0.15) is 11.7 Å². The van der Waals surface area contributed by atoms with E-state index < -0.39 is 51.5 Å². The molecule has 7 N–H and O–H groups in total. The van der Waals surface area contributed by atoms with E-state index >= 15 is 0 Å². The third-order valence-corrected chi connectivity index (χ3v) is 5.41. The van der Waals surface area contributed by atoms with E-state index in [-0.39, 0.29) is 20.6 Å². The summed E-state index contributed by atoms with van der Waals surface area (Å²) in [5, 5.41) is 16.3. The number of amides is 2. The number of hydrogen-bond acceptors (Lipinski definition) is 10. The highest BCUT2D eigenvalue weighted by Crippen LogP contribution is 2.23. The van der Waals surface area contributed by atoms with Crippen LogP contribution in [0.25, 0.3) is 0 Å². The molecule has 162 valence electrons. The number of carbonyl (C=O) groups excluding carboxylic acids is 2. The summed E-state index contributed by atoms with van der Waals surface area (Å²) in [4.78, 5) is 44.4.